The van der Waals surface area contributed by atoms with Crippen molar-refractivity contribution in [2.75, 3.05) is 11.8 Å². The van der Waals surface area contributed by atoms with Crippen LogP contribution in [0.3, 0.4) is 0 Å². The molecule has 0 heterocycles. The fourth-order valence-electron chi connectivity index (χ4n) is 0. The van der Waals surface area contributed by atoms with Gasteiger partial charge in [0.2, 0.25) is 0 Å². The maximum Gasteiger partial charge on any atom is 0.300 e. The Labute approximate surface area is 58.4 Å². The van der Waals surface area contributed by atoms with Crippen molar-refractivity contribution in [3.63, 3.8) is 0 Å². The van der Waals surface area contributed by atoms with E-state index in [4.69, 9.17) is 33.1 Å². The Bertz CT molecular complexity index is 50.0. The zero-order valence-corrected chi connectivity index (χ0v) is 6.04. The summed E-state index contributed by atoms with van der Waals surface area (Å²) in [5.41, 5.74) is 0. The highest BCUT2D eigenvalue weighted by atomic mass is 35.5. The SMILES string of the molecule is CC(=O)O.ClCCCl. The first-order valence-corrected chi connectivity index (χ1v) is 3.03. The summed E-state index contributed by atoms with van der Waals surface area (Å²) < 4.78 is 0. The van der Waals surface area contributed by atoms with Crippen molar-refractivity contribution in [1.29, 1.82) is 0 Å². The summed E-state index contributed by atoms with van der Waals surface area (Å²) in [6, 6.07) is 0. The van der Waals surface area contributed by atoms with E-state index in [0.717, 1.165) is 6.92 Å². The Balaban J connectivity index is 0. The molecule has 0 atom stereocenters. The Morgan fingerprint density at radius 3 is 1.62 bits per heavy atom. The first-order chi connectivity index (χ1) is 3.65. The van der Waals surface area contributed by atoms with Gasteiger partial charge in [-0.25, -0.2) is 0 Å². The summed E-state index contributed by atoms with van der Waals surface area (Å²) in [7, 11) is 0. The van der Waals surface area contributed by atoms with E-state index in [2.05, 4.69) is 0 Å². The molecular weight excluding hydrogens is 151 g/mol. The van der Waals surface area contributed by atoms with Gasteiger partial charge in [-0.3, -0.25) is 4.79 Å². The molecule has 0 radical (unpaired) electrons. The molecular formula is C4H8Cl2O2. The van der Waals surface area contributed by atoms with E-state index < -0.39 is 5.97 Å². The van der Waals surface area contributed by atoms with Crippen LogP contribution in [-0.2, 0) is 4.79 Å². The Morgan fingerprint density at radius 2 is 1.62 bits per heavy atom. The number of alkyl halides is 2. The van der Waals surface area contributed by atoms with Crippen LogP contribution in [0.1, 0.15) is 6.92 Å². The second-order valence-electron chi connectivity index (χ2n) is 0.897. The van der Waals surface area contributed by atoms with Gasteiger partial charge in [-0.05, 0) is 0 Å². The van der Waals surface area contributed by atoms with Crippen LogP contribution in [0.5, 0.6) is 0 Å². The third-order valence-corrected chi connectivity index (χ3v) is 0.643. The van der Waals surface area contributed by atoms with Crippen LogP contribution in [0.4, 0.5) is 0 Å². The molecule has 0 aromatic rings. The van der Waals surface area contributed by atoms with Crippen molar-refractivity contribution in [2.45, 2.75) is 6.92 Å². The van der Waals surface area contributed by atoms with Gasteiger partial charge in [0.15, 0.2) is 0 Å². The fourth-order valence-corrected chi connectivity index (χ4v) is 0. The van der Waals surface area contributed by atoms with Crippen molar-refractivity contribution in [3.8, 4) is 0 Å². The third-order valence-electron chi connectivity index (χ3n) is 0.0714. The van der Waals surface area contributed by atoms with Crippen molar-refractivity contribution in [3.05, 3.63) is 0 Å². The molecule has 0 bridgehead atoms. The maximum atomic E-state index is 9.00. The van der Waals surface area contributed by atoms with Gasteiger partial charge in [0.25, 0.3) is 5.97 Å². The minimum Gasteiger partial charge on any atom is -0.481 e. The Morgan fingerprint density at radius 1 is 1.50 bits per heavy atom. The lowest BCUT2D eigenvalue weighted by Crippen LogP contribution is -1.78. The molecule has 0 aliphatic heterocycles. The summed E-state index contributed by atoms with van der Waals surface area (Å²) in [6.07, 6.45) is 0. The molecule has 4 heteroatoms. The lowest BCUT2D eigenvalue weighted by atomic mass is 10.9. The van der Waals surface area contributed by atoms with Crippen LogP contribution in [0.15, 0.2) is 0 Å². The highest BCUT2D eigenvalue weighted by Crippen LogP contribution is 1.75. The van der Waals surface area contributed by atoms with Gasteiger partial charge in [-0.1, -0.05) is 0 Å². The van der Waals surface area contributed by atoms with E-state index in [1.54, 1.807) is 0 Å². The lowest BCUT2D eigenvalue weighted by molar-refractivity contribution is -0.134. The topological polar surface area (TPSA) is 37.3 Å². The second kappa shape index (κ2) is 10.1. The zero-order chi connectivity index (χ0) is 6.99. The normalized spacial score (nSPS) is 6.88. The number of halogens is 2. The molecule has 0 aliphatic rings. The van der Waals surface area contributed by atoms with Gasteiger partial charge >= 0.3 is 0 Å². The van der Waals surface area contributed by atoms with Crippen molar-refractivity contribution >= 4 is 29.2 Å². The Hall–Kier alpha value is 0.0500. The molecule has 0 spiro atoms. The largest absolute Gasteiger partial charge is 0.481 e. The monoisotopic (exact) mass is 158 g/mol. The van der Waals surface area contributed by atoms with Gasteiger partial charge in [0.1, 0.15) is 0 Å². The third kappa shape index (κ3) is 140. The molecule has 1 N–H and O–H groups in total. The summed E-state index contributed by atoms with van der Waals surface area (Å²) in [4.78, 5) is 9.00. The van der Waals surface area contributed by atoms with E-state index in [1.807, 2.05) is 0 Å². The van der Waals surface area contributed by atoms with Gasteiger partial charge < -0.3 is 5.11 Å². The molecule has 0 aliphatic carbocycles. The first kappa shape index (κ1) is 10.9. The van der Waals surface area contributed by atoms with Gasteiger partial charge in [-0.2, -0.15) is 0 Å². The smallest absolute Gasteiger partial charge is 0.300 e. The molecule has 2 nitrogen and oxygen atoms in total. The molecule has 0 aromatic heterocycles. The molecule has 50 valence electrons. The van der Waals surface area contributed by atoms with Gasteiger partial charge in [0.05, 0.1) is 0 Å². The predicted octanol–water partition coefficient (Wildman–Crippen LogP) is 1.55. The fraction of sp³-hybridized carbons (Fsp3) is 0.750. The lowest BCUT2D eigenvalue weighted by Gasteiger charge is -1.63. The molecule has 0 saturated heterocycles. The molecule has 0 unspecified atom stereocenters. The predicted molar refractivity (Wildman–Crippen MR) is 34.7 cm³/mol. The number of carbonyl (C=O) groups is 1. The summed E-state index contributed by atoms with van der Waals surface area (Å²) in [5.74, 6) is 0.281. The molecule has 0 fully saturated rings. The Kier molecular flexibility index (Phi) is 13.8. The van der Waals surface area contributed by atoms with Crippen LogP contribution in [-0.4, -0.2) is 22.8 Å². The van der Waals surface area contributed by atoms with Crippen LogP contribution >= 0.6 is 23.2 Å². The second-order valence-corrected chi connectivity index (χ2v) is 1.65. The van der Waals surface area contributed by atoms with E-state index >= 15 is 0 Å². The van der Waals surface area contributed by atoms with Crippen molar-refractivity contribution < 1.29 is 9.90 Å². The van der Waals surface area contributed by atoms with E-state index in [1.165, 1.54) is 0 Å². The van der Waals surface area contributed by atoms with Crippen LogP contribution < -0.4 is 0 Å². The quantitative estimate of drug-likeness (QED) is 0.589. The highest BCUT2D eigenvalue weighted by molar-refractivity contribution is 6.25. The summed E-state index contributed by atoms with van der Waals surface area (Å²) >= 11 is 10.1. The van der Waals surface area contributed by atoms with E-state index in [9.17, 15) is 0 Å². The number of hydrogen-bond donors (Lipinski definition) is 1. The van der Waals surface area contributed by atoms with E-state index in [0.29, 0.717) is 11.8 Å². The number of carboxylic acids is 1. The van der Waals surface area contributed by atoms with Crippen LogP contribution in [0, 0.1) is 0 Å². The van der Waals surface area contributed by atoms with E-state index in [-0.39, 0.29) is 0 Å². The standard InChI is InChI=1S/C2H4Cl2.C2H4O2/c3-1-2-4;1-2(3)4/h1-2H2;1H3,(H,3,4). The molecule has 0 aromatic carbocycles. The average molecular weight is 159 g/mol. The first-order valence-electron chi connectivity index (χ1n) is 1.96. The van der Waals surface area contributed by atoms with Crippen molar-refractivity contribution in [2.24, 2.45) is 0 Å². The minimum absolute atomic E-state index is 0.557. The number of carboxylic acid groups (broad SMARTS) is 1. The maximum absolute atomic E-state index is 9.00. The van der Waals surface area contributed by atoms with Crippen LogP contribution in [0.2, 0.25) is 0 Å². The van der Waals surface area contributed by atoms with Crippen LogP contribution in [0.25, 0.3) is 0 Å². The molecule has 0 rings (SSSR count). The van der Waals surface area contributed by atoms with Gasteiger partial charge in [-0.15, -0.1) is 23.2 Å². The summed E-state index contributed by atoms with van der Waals surface area (Å²) in [5, 5.41) is 7.42. The number of aliphatic carboxylic acids is 1. The zero-order valence-electron chi connectivity index (χ0n) is 4.53. The van der Waals surface area contributed by atoms with Gasteiger partial charge in [0, 0.05) is 18.7 Å². The number of hydrogen-bond acceptors (Lipinski definition) is 1. The molecule has 0 saturated carbocycles. The molecule has 0 amide bonds. The highest BCUT2D eigenvalue weighted by Gasteiger charge is 1.65. The minimum atomic E-state index is -0.833. The van der Waals surface area contributed by atoms with Crippen molar-refractivity contribution in [1.82, 2.24) is 0 Å². The summed E-state index contributed by atoms with van der Waals surface area (Å²) in [6.45, 7) is 1.08. The number of rotatable bonds is 1. The molecule has 8 heavy (non-hydrogen) atoms. The average Bonchev–Trinajstić information content (AvgIpc) is 1.65.